The van der Waals surface area contributed by atoms with Crippen LogP contribution in [0.25, 0.3) is 0 Å². The summed E-state index contributed by atoms with van der Waals surface area (Å²) in [5, 5.41) is 0. The zero-order valence-electron chi connectivity index (χ0n) is 11.0. The van der Waals surface area contributed by atoms with Crippen LogP contribution in [0, 0.1) is 5.92 Å². The Bertz CT molecular complexity index is 413. The zero-order chi connectivity index (χ0) is 12.4. The van der Waals surface area contributed by atoms with Gasteiger partial charge in [0.2, 0.25) is 0 Å². The molecule has 0 bridgehead atoms. The molecule has 0 saturated carbocycles. The Balaban J connectivity index is 2.05. The highest BCUT2D eigenvalue weighted by molar-refractivity contribution is 7.09. The fraction of sp³-hybridized carbons (Fsp3) is 0.769. The fourth-order valence-corrected chi connectivity index (χ4v) is 3.41. The number of nitrogens with one attached hydrogen (secondary N) is 1. The summed E-state index contributed by atoms with van der Waals surface area (Å²) in [5.74, 6) is 1.27. The molecule has 2 heterocycles. The van der Waals surface area contributed by atoms with E-state index in [1.165, 1.54) is 42.1 Å². The number of thiazole rings is 1. The minimum atomic E-state index is 0.0917. The molecule has 1 aromatic rings. The van der Waals surface area contributed by atoms with Crippen molar-refractivity contribution in [3.63, 3.8) is 0 Å². The summed E-state index contributed by atoms with van der Waals surface area (Å²) >= 11 is 1.38. The molecule has 1 aliphatic heterocycles. The molecule has 96 valence electrons. The van der Waals surface area contributed by atoms with Gasteiger partial charge in [0, 0.05) is 17.1 Å². The van der Waals surface area contributed by atoms with Gasteiger partial charge in [-0.25, -0.2) is 0 Å². The number of aromatic nitrogens is 1. The van der Waals surface area contributed by atoms with Crippen molar-refractivity contribution in [3.05, 3.63) is 20.2 Å². The van der Waals surface area contributed by atoms with Gasteiger partial charge < -0.3 is 4.98 Å². The predicted octanol–water partition coefficient (Wildman–Crippen LogP) is 2.79. The second-order valence-corrected chi connectivity index (χ2v) is 6.53. The van der Waals surface area contributed by atoms with E-state index in [0.717, 1.165) is 18.2 Å². The Labute approximate surface area is 107 Å². The summed E-state index contributed by atoms with van der Waals surface area (Å²) in [6, 6.07) is 0. The highest BCUT2D eigenvalue weighted by Gasteiger charge is 2.19. The van der Waals surface area contributed by atoms with Gasteiger partial charge in [-0.2, -0.15) is 0 Å². The van der Waals surface area contributed by atoms with Crippen LogP contribution in [0.4, 0.5) is 0 Å². The monoisotopic (exact) mass is 254 g/mol. The van der Waals surface area contributed by atoms with Gasteiger partial charge in [-0.3, -0.25) is 9.69 Å². The maximum atomic E-state index is 11.5. The van der Waals surface area contributed by atoms with E-state index >= 15 is 0 Å². The van der Waals surface area contributed by atoms with E-state index in [1.807, 2.05) is 0 Å². The highest BCUT2D eigenvalue weighted by Crippen LogP contribution is 2.23. The Morgan fingerprint density at radius 3 is 2.65 bits per heavy atom. The van der Waals surface area contributed by atoms with Gasteiger partial charge in [-0.1, -0.05) is 32.1 Å². The predicted molar refractivity (Wildman–Crippen MR) is 72.7 cm³/mol. The maximum Gasteiger partial charge on any atom is 0.304 e. The van der Waals surface area contributed by atoms with Gasteiger partial charge in [0.05, 0.1) is 0 Å². The van der Waals surface area contributed by atoms with Gasteiger partial charge in [0.1, 0.15) is 0 Å². The smallest absolute Gasteiger partial charge is 0.304 e. The van der Waals surface area contributed by atoms with Gasteiger partial charge in [0.15, 0.2) is 0 Å². The Morgan fingerprint density at radius 1 is 1.41 bits per heavy atom. The van der Waals surface area contributed by atoms with Crippen LogP contribution in [0.2, 0.25) is 0 Å². The van der Waals surface area contributed by atoms with Crippen molar-refractivity contribution in [2.45, 2.75) is 46.1 Å². The summed E-state index contributed by atoms with van der Waals surface area (Å²) in [6.07, 6.45) is 2.58. The Kier molecular flexibility index (Phi) is 4.05. The molecule has 0 aromatic carbocycles. The molecule has 0 atom stereocenters. The van der Waals surface area contributed by atoms with Crippen molar-refractivity contribution >= 4 is 11.3 Å². The molecule has 17 heavy (non-hydrogen) atoms. The summed E-state index contributed by atoms with van der Waals surface area (Å²) < 4.78 is 0. The molecule has 0 aliphatic carbocycles. The number of hydrogen-bond acceptors (Lipinski definition) is 3. The summed E-state index contributed by atoms with van der Waals surface area (Å²) in [5.41, 5.74) is 1.14. The van der Waals surface area contributed by atoms with Crippen LogP contribution in [0.3, 0.4) is 0 Å². The molecular formula is C13H22N2OS. The molecule has 1 saturated heterocycles. The fourth-order valence-electron chi connectivity index (χ4n) is 2.38. The lowest BCUT2D eigenvalue weighted by Gasteiger charge is -2.30. The second-order valence-electron chi connectivity index (χ2n) is 5.46. The molecular weight excluding hydrogens is 232 g/mol. The van der Waals surface area contributed by atoms with Gasteiger partial charge in [0.25, 0.3) is 0 Å². The summed E-state index contributed by atoms with van der Waals surface area (Å²) in [7, 11) is 0. The molecule has 1 N–H and O–H groups in total. The third-order valence-corrected chi connectivity index (χ3v) is 4.46. The summed E-state index contributed by atoms with van der Waals surface area (Å²) in [4.78, 5) is 18.2. The average Bonchev–Trinajstić information content (AvgIpc) is 2.63. The normalized spacial score (nSPS) is 19.1. The lowest BCUT2D eigenvalue weighted by atomic mass is 9.99. The standard InChI is InChI=1S/C13H22N2OS/c1-9(2)12-11(17-13(16)14-12)8-15-6-4-10(3)5-7-15/h9-10H,4-8H2,1-3H3,(H,14,16). The minimum absolute atomic E-state index is 0.0917. The highest BCUT2D eigenvalue weighted by atomic mass is 32.1. The largest absolute Gasteiger partial charge is 0.316 e. The zero-order valence-corrected chi connectivity index (χ0v) is 11.8. The van der Waals surface area contributed by atoms with E-state index in [2.05, 4.69) is 30.7 Å². The molecule has 2 rings (SSSR count). The lowest BCUT2D eigenvalue weighted by molar-refractivity contribution is 0.186. The molecule has 3 nitrogen and oxygen atoms in total. The van der Waals surface area contributed by atoms with Crippen molar-refractivity contribution in [2.75, 3.05) is 13.1 Å². The number of aromatic amines is 1. The lowest BCUT2D eigenvalue weighted by Crippen LogP contribution is -2.32. The first kappa shape index (κ1) is 12.8. The molecule has 0 unspecified atom stereocenters. The van der Waals surface area contributed by atoms with E-state index < -0.39 is 0 Å². The molecule has 1 aromatic heterocycles. The van der Waals surface area contributed by atoms with Crippen LogP contribution < -0.4 is 4.87 Å². The van der Waals surface area contributed by atoms with E-state index in [9.17, 15) is 4.79 Å². The first-order valence-corrected chi connectivity index (χ1v) is 7.32. The van der Waals surface area contributed by atoms with Gasteiger partial charge in [-0.05, 0) is 37.8 Å². The summed E-state index contributed by atoms with van der Waals surface area (Å²) in [6.45, 7) is 9.89. The Morgan fingerprint density at radius 2 is 2.06 bits per heavy atom. The number of nitrogens with zero attached hydrogens (tertiary/aromatic N) is 1. The van der Waals surface area contributed by atoms with Crippen molar-refractivity contribution in [1.29, 1.82) is 0 Å². The topological polar surface area (TPSA) is 36.1 Å². The number of likely N-dealkylation sites (tertiary alicyclic amines) is 1. The van der Waals surface area contributed by atoms with Gasteiger partial charge >= 0.3 is 4.87 Å². The van der Waals surface area contributed by atoms with E-state index in [4.69, 9.17) is 0 Å². The van der Waals surface area contributed by atoms with E-state index in [1.54, 1.807) is 0 Å². The molecule has 1 fully saturated rings. The average molecular weight is 254 g/mol. The van der Waals surface area contributed by atoms with E-state index in [0.29, 0.717) is 5.92 Å². The van der Waals surface area contributed by atoms with Crippen LogP contribution in [0.1, 0.15) is 50.1 Å². The number of H-pyrrole nitrogens is 1. The minimum Gasteiger partial charge on any atom is -0.316 e. The molecule has 0 amide bonds. The van der Waals surface area contributed by atoms with Gasteiger partial charge in [-0.15, -0.1) is 0 Å². The molecule has 0 radical (unpaired) electrons. The van der Waals surface area contributed by atoms with Crippen molar-refractivity contribution in [2.24, 2.45) is 5.92 Å². The van der Waals surface area contributed by atoms with Crippen molar-refractivity contribution < 1.29 is 0 Å². The van der Waals surface area contributed by atoms with Crippen LogP contribution in [0.5, 0.6) is 0 Å². The van der Waals surface area contributed by atoms with Crippen LogP contribution in [-0.4, -0.2) is 23.0 Å². The number of rotatable bonds is 3. The first-order valence-electron chi connectivity index (χ1n) is 6.50. The maximum absolute atomic E-state index is 11.5. The molecule has 0 spiro atoms. The van der Waals surface area contributed by atoms with Crippen LogP contribution in [0.15, 0.2) is 4.79 Å². The van der Waals surface area contributed by atoms with Crippen molar-refractivity contribution in [3.8, 4) is 0 Å². The third kappa shape index (κ3) is 3.19. The quantitative estimate of drug-likeness (QED) is 0.900. The van der Waals surface area contributed by atoms with Crippen LogP contribution >= 0.6 is 11.3 Å². The third-order valence-electron chi connectivity index (χ3n) is 3.57. The van der Waals surface area contributed by atoms with Crippen LogP contribution in [-0.2, 0) is 6.54 Å². The number of piperidine rings is 1. The Hall–Kier alpha value is -0.610. The second kappa shape index (κ2) is 5.36. The van der Waals surface area contributed by atoms with Crippen molar-refractivity contribution in [1.82, 2.24) is 9.88 Å². The molecule has 4 heteroatoms. The number of hydrogen-bond donors (Lipinski definition) is 1. The first-order chi connectivity index (χ1) is 8.06. The van der Waals surface area contributed by atoms with E-state index in [-0.39, 0.29) is 4.87 Å². The SMILES string of the molecule is CC1CCN(Cc2sc(=O)[nH]c2C(C)C)CC1. The molecule has 1 aliphatic rings.